The smallest absolute Gasteiger partial charge is 0.0697 e. The van der Waals surface area contributed by atoms with E-state index in [2.05, 4.69) is 29.8 Å². The Labute approximate surface area is 78.6 Å². The first kappa shape index (κ1) is 11.4. The lowest BCUT2D eigenvalue weighted by Crippen LogP contribution is -2.21. The van der Waals surface area contributed by atoms with Gasteiger partial charge in [0.1, 0.15) is 0 Å². The molecule has 2 unspecified atom stereocenters. The van der Waals surface area contributed by atoms with Crippen molar-refractivity contribution in [1.29, 1.82) is 0 Å². The fourth-order valence-corrected chi connectivity index (χ4v) is 1.48. The van der Waals surface area contributed by atoms with E-state index in [0.717, 1.165) is 6.61 Å². The third-order valence-electron chi connectivity index (χ3n) is 1.74. The second kappa shape index (κ2) is 7.11. The van der Waals surface area contributed by atoms with Crippen LogP contribution in [0.4, 0.5) is 0 Å². The van der Waals surface area contributed by atoms with Crippen LogP contribution in [0, 0.1) is 0 Å². The molecule has 0 aromatic rings. The summed E-state index contributed by atoms with van der Waals surface area (Å²) in [7, 11) is 0. The van der Waals surface area contributed by atoms with E-state index in [9.17, 15) is 0 Å². The topological polar surface area (TPSA) is 9.23 Å². The molecule has 2 atom stereocenters. The number of hydrogen-bond acceptors (Lipinski definition) is 1. The predicted octanol–water partition coefficient (Wildman–Crippen LogP) is 3.37. The van der Waals surface area contributed by atoms with E-state index in [1.54, 1.807) is 0 Å². The van der Waals surface area contributed by atoms with Crippen LogP contribution in [-0.2, 0) is 4.74 Å². The summed E-state index contributed by atoms with van der Waals surface area (Å²) >= 11 is 3.55. The Hall–Kier alpha value is 0.440. The molecule has 1 nitrogen and oxygen atoms in total. The molecule has 0 aliphatic carbocycles. The highest BCUT2D eigenvalue weighted by molar-refractivity contribution is 9.09. The van der Waals surface area contributed by atoms with Gasteiger partial charge in [-0.25, -0.2) is 0 Å². The van der Waals surface area contributed by atoms with Crippen molar-refractivity contribution >= 4 is 15.9 Å². The minimum Gasteiger partial charge on any atom is -0.377 e. The molecule has 0 amide bonds. The van der Waals surface area contributed by atoms with Crippen molar-refractivity contribution in [2.24, 2.45) is 0 Å². The molecule has 0 fully saturated rings. The molecule has 0 saturated heterocycles. The average molecular weight is 223 g/mol. The van der Waals surface area contributed by atoms with Gasteiger partial charge in [-0.15, -0.1) is 0 Å². The van der Waals surface area contributed by atoms with Gasteiger partial charge in [0, 0.05) is 11.4 Å². The van der Waals surface area contributed by atoms with Gasteiger partial charge in [0.2, 0.25) is 0 Å². The van der Waals surface area contributed by atoms with E-state index < -0.39 is 0 Å². The van der Waals surface area contributed by atoms with Crippen LogP contribution in [0.3, 0.4) is 0 Å². The quantitative estimate of drug-likeness (QED) is 0.627. The predicted molar refractivity (Wildman–Crippen MR) is 53.3 cm³/mol. The molecule has 0 aliphatic heterocycles. The molecule has 0 rings (SSSR count). The summed E-state index contributed by atoms with van der Waals surface area (Å²) in [5.74, 6) is 0. The lowest BCUT2D eigenvalue weighted by molar-refractivity contribution is 0.0578. The maximum absolute atomic E-state index is 5.56. The Balaban J connectivity index is 3.51. The van der Waals surface area contributed by atoms with E-state index in [4.69, 9.17) is 4.74 Å². The summed E-state index contributed by atoms with van der Waals surface area (Å²) in [6.45, 7) is 7.23. The highest BCUT2D eigenvalue weighted by Crippen LogP contribution is 2.14. The van der Waals surface area contributed by atoms with Crippen molar-refractivity contribution < 1.29 is 4.74 Å². The monoisotopic (exact) mass is 222 g/mol. The minimum absolute atomic E-state index is 0.403. The maximum atomic E-state index is 5.56. The molecule has 0 N–H and O–H groups in total. The highest BCUT2D eigenvalue weighted by atomic mass is 79.9. The third-order valence-corrected chi connectivity index (χ3v) is 2.32. The standard InChI is InChI=1S/C9H19BrO/c1-4-6-7-9(8(3)10)11-5-2/h8-9H,4-7H2,1-3H3. The Bertz CT molecular complexity index is 83.6. The van der Waals surface area contributed by atoms with Crippen LogP contribution in [0.5, 0.6) is 0 Å². The zero-order valence-corrected chi connectivity index (χ0v) is 9.36. The second-order valence-electron chi connectivity index (χ2n) is 2.81. The molecule has 68 valence electrons. The van der Waals surface area contributed by atoms with Crippen LogP contribution in [0.2, 0.25) is 0 Å². The van der Waals surface area contributed by atoms with Gasteiger partial charge >= 0.3 is 0 Å². The molecule has 0 aromatic heterocycles. The van der Waals surface area contributed by atoms with Gasteiger partial charge in [-0.2, -0.15) is 0 Å². The fourth-order valence-electron chi connectivity index (χ4n) is 1.06. The van der Waals surface area contributed by atoms with Crippen molar-refractivity contribution in [3.05, 3.63) is 0 Å². The Morgan fingerprint density at radius 1 is 1.36 bits per heavy atom. The summed E-state index contributed by atoms with van der Waals surface area (Å²) in [6, 6.07) is 0. The second-order valence-corrected chi connectivity index (χ2v) is 4.26. The normalized spacial score (nSPS) is 16.4. The van der Waals surface area contributed by atoms with E-state index in [-0.39, 0.29) is 0 Å². The molecule has 0 bridgehead atoms. The number of rotatable bonds is 6. The average Bonchev–Trinajstić information content (AvgIpc) is 1.97. The van der Waals surface area contributed by atoms with Gasteiger partial charge < -0.3 is 4.74 Å². The fraction of sp³-hybridized carbons (Fsp3) is 1.00. The number of halogens is 1. The van der Waals surface area contributed by atoms with Gasteiger partial charge in [-0.05, 0) is 13.3 Å². The third kappa shape index (κ3) is 5.68. The molecule has 0 saturated carbocycles. The van der Waals surface area contributed by atoms with E-state index in [1.165, 1.54) is 19.3 Å². The molecule has 0 aromatic carbocycles. The lowest BCUT2D eigenvalue weighted by Gasteiger charge is -2.18. The summed E-state index contributed by atoms with van der Waals surface area (Å²) < 4.78 is 5.56. The molecule has 0 radical (unpaired) electrons. The zero-order valence-electron chi connectivity index (χ0n) is 7.77. The molecule has 0 heterocycles. The summed E-state index contributed by atoms with van der Waals surface area (Å²) in [6.07, 6.45) is 4.10. The SMILES string of the molecule is CCCCC(OCC)C(C)Br. The van der Waals surface area contributed by atoms with Crippen LogP contribution in [0.1, 0.15) is 40.0 Å². The molecular formula is C9H19BrO. The maximum Gasteiger partial charge on any atom is 0.0697 e. The van der Waals surface area contributed by atoms with Crippen molar-refractivity contribution in [3.63, 3.8) is 0 Å². The van der Waals surface area contributed by atoms with Crippen LogP contribution in [0.25, 0.3) is 0 Å². The zero-order chi connectivity index (χ0) is 8.69. The van der Waals surface area contributed by atoms with Gasteiger partial charge in [0.25, 0.3) is 0 Å². The van der Waals surface area contributed by atoms with Crippen LogP contribution < -0.4 is 0 Å². The summed E-state index contributed by atoms with van der Waals surface area (Å²) in [5, 5.41) is 0. The number of unbranched alkanes of at least 4 members (excludes halogenated alkanes) is 1. The Kier molecular flexibility index (Phi) is 7.39. The van der Waals surface area contributed by atoms with E-state index in [1.807, 2.05) is 6.92 Å². The van der Waals surface area contributed by atoms with E-state index >= 15 is 0 Å². The molecule has 0 spiro atoms. The van der Waals surface area contributed by atoms with Crippen molar-refractivity contribution in [3.8, 4) is 0 Å². The van der Waals surface area contributed by atoms with Crippen LogP contribution in [-0.4, -0.2) is 17.5 Å². The molecule has 0 aliphatic rings. The first-order valence-electron chi connectivity index (χ1n) is 4.48. The summed E-state index contributed by atoms with van der Waals surface area (Å²) in [4.78, 5) is 0.481. The minimum atomic E-state index is 0.403. The highest BCUT2D eigenvalue weighted by Gasteiger charge is 2.12. The van der Waals surface area contributed by atoms with Crippen molar-refractivity contribution in [2.45, 2.75) is 51.0 Å². The van der Waals surface area contributed by atoms with Gasteiger partial charge in [-0.3, -0.25) is 0 Å². The van der Waals surface area contributed by atoms with Gasteiger partial charge in [0.15, 0.2) is 0 Å². The number of ether oxygens (including phenoxy) is 1. The molecule has 2 heteroatoms. The Morgan fingerprint density at radius 3 is 2.36 bits per heavy atom. The first-order chi connectivity index (χ1) is 5.22. The largest absolute Gasteiger partial charge is 0.377 e. The number of hydrogen-bond donors (Lipinski definition) is 0. The Morgan fingerprint density at radius 2 is 2.00 bits per heavy atom. The van der Waals surface area contributed by atoms with Crippen molar-refractivity contribution in [2.75, 3.05) is 6.61 Å². The van der Waals surface area contributed by atoms with Crippen LogP contribution >= 0.6 is 15.9 Å². The molecule has 11 heavy (non-hydrogen) atoms. The van der Waals surface area contributed by atoms with Gasteiger partial charge in [-0.1, -0.05) is 42.6 Å². The van der Waals surface area contributed by atoms with Gasteiger partial charge in [0.05, 0.1) is 6.10 Å². The van der Waals surface area contributed by atoms with Crippen molar-refractivity contribution in [1.82, 2.24) is 0 Å². The lowest BCUT2D eigenvalue weighted by atomic mass is 10.1. The summed E-state index contributed by atoms with van der Waals surface area (Å²) in [5.41, 5.74) is 0. The van der Waals surface area contributed by atoms with E-state index in [0.29, 0.717) is 10.9 Å². The molecular weight excluding hydrogens is 204 g/mol. The van der Waals surface area contributed by atoms with Crippen LogP contribution in [0.15, 0.2) is 0 Å². The first-order valence-corrected chi connectivity index (χ1v) is 5.39. The number of alkyl halides is 1.